The van der Waals surface area contributed by atoms with Crippen LogP contribution in [0.25, 0.3) is 6.08 Å². The standard InChI is InChI=1S/C27H24O7/c1-15-8-6-7-9-19(15)27(29)33-18-10-16(2)25-23(13-18)34-24(26(25)28)12-17-11-21(31-4)22(32-5)14-20(17)30-3/h6-14H,1-5H3/b24-12-. The Kier molecular flexibility index (Phi) is 6.27. The molecule has 1 heterocycles. The summed E-state index contributed by atoms with van der Waals surface area (Å²) in [6.45, 7) is 3.61. The molecule has 1 aliphatic rings. The Morgan fingerprint density at radius 3 is 2.21 bits per heavy atom. The first-order valence-electron chi connectivity index (χ1n) is 10.5. The Balaban J connectivity index is 1.66. The van der Waals surface area contributed by atoms with Crippen LogP contribution in [0.1, 0.15) is 37.4 Å². The van der Waals surface area contributed by atoms with E-state index < -0.39 is 5.97 Å². The lowest BCUT2D eigenvalue weighted by atomic mass is 10.0. The average molecular weight is 460 g/mol. The predicted molar refractivity (Wildman–Crippen MR) is 126 cm³/mol. The van der Waals surface area contributed by atoms with Gasteiger partial charge in [-0.1, -0.05) is 18.2 Å². The maximum absolute atomic E-state index is 13.1. The zero-order valence-corrected chi connectivity index (χ0v) is 19.6. The molecule has 0 aliphatic carbocycles. The van der Waals surface area contributed by atoms with Crippen molar-refractivity contribution in [2.24, 2.45) is 0 Å². The number of carbonyl (C=O) groups excluding carboxylic acids is 2. The molecule has 0 spiro atoms. The number of aryl methyl sites for hydroxylation is 2. The first-order chi connectivity index (χ1) is 16.4. The lowest BCUT2D eigenvalue weighted by Crippen LogP contribution is -2.10. The highest BCUT2D eigenvalue weighted by Gasteiger charge is 2.31. The Morgan fingerprint density at radius 1 is 0.853 bits per heavy atom. The van der Waals surface area contributed by atoms with Crippen LogP contribution in [0.2, 0.25) is 0 Å². The second kappa shape index (κ2) is 9.31. The van der Waals surface area contributed by atoms with E-state index in [0.717, 1.165) is 5.56 Å². The largest absolute Gasteiger partial charge is 0.496 e. The van der Waals surface area contributed by atoms with Gasteiger partial charge in [0.2, 0.25) is 5.78 Å². The Bertz CT molecular complexity index is 1320. The molecule has 3 aromatic rings. The van der Waals surface area contributed by atoms with E-state index >= 15 is 0 Å². The Morgan fingerprint density at radius 2 is 1.53 bits per heavy atom. The summed E-state index contributed by atoms with van der Waals surface area (Å²) in [5, 5.41) is 0. The van der Waals surface area contributed by atoms with Gasteiger partial charge in [0.25, 0.3) is 0 Å². The topological polar surface area (TPSA) is 80.3 Å². The Hall–Kier alpha value is -4.26. The fourth-order valence-corrected chi connectivity index (χ4v) is 3.81. The van der Waals surface area contributed by atoms with Crippen LogP contribution in [0.15, 0.2) is 54.3 Å². The fourth-order valence-electron chi connectivity index (χ4n) is 3.81. The molecule has 0 radical (unpaired) electrons. The van der Waals surface area contributed by atoms with Crippen molar-refractivity contribution >= 4 is 17.8 Å². The number of Topliss-reactive ketones (excluding diaryl/α,β-unsaturated/α-hetero) is 1. The van der Waals surface area contributed by atoms with Crippen molar-refractivity contribution in [2.75, 3.05) is 21.3 Å². The van der Waals surface area contributed by atoms with Gasteiger partial charge in [-0.25, -0.2) is 4.79 Å². The zero-order chi connectivity index (χ0) is 24.4. The molecule has 0 amide bonds. The van der Waals surface area contributed by atoms with Gasteiger partial charge in [0.1, 0.15) is 17.2 Å². The summed E-state index contributed by atoms with van der Waals surface area (Å²) >= 11 is 0. The van der Waals surface area contributed by atoms with Crippen LogP contribution in [0.5, 0.6) is 28.7 Å². The molecular weight excluding hydrogens is 436 g/mol. The zero-order valence-electron chi connectivity index (χ0n) is 19.6. The third-order valence-electron chi connectivity index (χ3n) is 5.54. The van der Waals surface area contributed by atoms with Gasteiger partial charge >= 0.3 is 5.97 Å². The molecule has 0 atom stereocenters. The maximum Gasteiger partial charge on any atom is 0.343 e. The second-order valence-electron chi connectivity index (χ2n) is 7.71. The number of hydrogen-bond donors (Lipinski definition) is 0. The van der Waals surface area contributed by atoms with Crippen LogP contribution in [-0.4, -0.2) is 33.1 Å². The number of methoxy groups -OCH3 is 3. The first-order valence-corrected chi connectivity index (χ1v) is 10.5. The van der Waals surface area contributed by atoms with Crippen molar-refractivity contribution in [2.45, 2.75) is 13.8 Å². The molecule has 0 aromatic heterocycles. The molecule has 0 unspecified atom stereocenters. The van der Waals surface area contributed by atoms with E-state index in [1.165, 1.54) is 21.3 Å². The summed E-state index contributed by atoms with van der Waals surface area (Å²) in [7, 11) is 4.58. The molecule has 0 fully saturated rings. The van der Waals surface area contributed by atoms with Gasteiger partial charge in [0.15, 0.2) is 17.3 Å². The summed E-state index contributed by atoms with van der Waals surface area (Å²) in [4.78, 5) is 25.7. The van der Waals surface area contributed by atoms with Crippen molar-refractivity contribution < 1.29 is 33.3 Å². The number of carbonyl (C=O) groups is 2. The van der Waals surface area contributed by atoms with Gasteiger partial charge < -0.3 is 23.7 Å². The van der Waals surface area contributed by atoms with Gasteiger partial charge in [0.05, 0.1) is 32.5 Å². The van der Waals surface area contributed by atoms with E-state index in [0.29, 0.717) is 51.0 Å². The van der Waals surface area contributed by atoms with Crippen LogP contribution in [0.4, 0.5) is 0 Å². The summed E-state index contributed by atoms with van der Waals surface area (Å²) in [6.07, 6.45) is 1.58. The minimum absolute atomic E-state index is 0.117. The van der Waals surface area contributed by atoms with Crippen molar-refractivity contribution in [1.82, 2.24) is 0 Å². The highest BCUT2D eigenvalue weighted by atomic mass is 16.5. The quantitative estimate of drug-likeness (QED) is 0.285. The molecule has 3 aromatic carbocycles. The highest BCUT2D eigenvalue weighted by molar-refractivity contribution is 6.15. The number of esters is 1. The monoisotopic (exact) mass is 460 g/mol. The summed E-state index contributed by atoms with van der Waals surface area (Å²) in [5.41, 5.74) is 2.92. The molecular formula is C27H24O7. The normalized spacial score (nSPS) is 13.3. The van der Waals surface area contributed by atoms with E-state index in [1.807, 2.05) is 19.1 Å². The number of ketones is 1. The van der Waals surface area contributed by atoms with E-state index in [-0.39, 0.29) is 11.5 Å². The van der Waals surface area contributed by atoms with E-state index in [1.54, 1.807) is 49.4 Å². The first kappa shape index (κ1) is 22.9. The number of hydrogen-bond acceptors (Lipinski definition) is 7. The number of allylic oxidation sites excluding steroid dienone is 1. The molecule has 7 nitrogen and oxygen atoms in total. The fraction of sp³-hybridized carbons (Fsp3) is 0.185. The van der Waals surface area contributed by atoms with Crippen LogP contribution in [-0.2, 0) is 0 Å². The van der Waals surface area contributed by atoms with E-state index in [4.69, 9.17) is 23.7 Å². The number of ether oxygens (including phenoxy) is 5. The second-order valence-corrected chi connectivity index (χ2v) is 7.71. The molecule has 0 saturated carbocycles. The predicted octanol–water partition coefficient (Wildman–Crippen LogP) is 5.16. The van der Waals surface area contributed by atoms with Crippen molar-refractivity contribution in [3.05, 3.63) is 82.1 Å². The number of fused-ring (bicyclic) bond motifs is 1. The molecule has 7 heteroatoms. The lowest BCUT2D eigenvalue weighted by Gasteiger charge is -2.12. The maximum atomic E-state index is 13.1. The SMILES string of the molecule is COc1cc(OC)c(OC)cc1/C=C1\Oc2cc(OC(=O)c3ccccc3C)cc(C)c2C1=O. The van der Waals surface area contributed by atoms with Crippen LogP contribution >= 0.6 is 0 Å². The van der Waals surface area contributed by atoms with Gasteiger partial charge in [0, 0.05) is 17.7 Å². The molecule has 34 heavy (non-hydrogen) atoms. The van der Waals surface area contributed by atoms with Crippen LogP contribution < -0.4 is 23.7 Å². The molecule has 4 rings (SSSR count). The molecule has 0 bridgehead atoms. The number of rotatable bonds is 6. The van der Waals surface area contributed by atoms with Crippen molar-refractivity contribution in [3.63, 3.8) is 0 Å². The number of benzene rings is 3. The van der Waals surface area contributed by atoms with Crippen molar-refractivity contribution in [3.8, 4) is 28.7 Å². The van der Waals surface area contributed by atoms with Gasteiger partial charge in [-0.3, -0.25) is 4.79 Å². The summed E-state index contributed by atoms with van der Waals surface area (Å²) in [6, 6.07) is 13.7. The van der Waals surface area contributed by atoms with E-state index in [9.17, 15) is 9.59 Å². The Labute approximate surface area is 197 Å². The van der Waals surface area contributed by atoms with Gasteiger partial charge in [-0.2, -0.15) is 0 Å². The molecule has 174 valence electrons. The van der Waals surface area contributed by atoms with E-state index in [2.05, 4.69) is 0 Å². The average Bonchev–Trinajstić information content (AvgIpc) is 3.14. The minimum Gasteiger partial charge on any atom is -0.496 e. The smallest absolute Gasteiger partial charge is 0.343 e. The minimum atomic E-state index is -0.479. The third kappa shape index (κ3) is 4.20. The highest BCUT2D eigenvalue weighted by Crippen LogP contribution is 2.40. The molecule has 0 saturated heterocycles. The van der Waals surface area contributed by atoms with Gasteiger partial charge in [-0.15, -0.1) is 0 Å². The third-order valence-corrected chi connectivity index (χ3v) is 5.54. The molecule has 1 aliphatic heterocycles. The van der Waals surface area contributed by atoms with Gasteiger partial charge in [-0.05, 0) is 49.2 Å². The molecule has 0 N–H and O–H groups in total. The lowest BCUT2D eigenvalue weighted by molar-refractivity contribution is 0.0733. The van der Waals surface area contributed by atoms with Crippen LogP contribution in [0, 0.1) is 13.8 Å². The van der Waals surface area contributed by atoms with Crippen molar-refractivity contribution in [1.29, 1.82) is 0 Å². The summed E-state index contributed by atoms with van der Waals surface area (Å²) in [5.74, 6) is 1.45. The summed E-state index contributed by atoms with van der Waals surface area (Å²) < 4.78 is 27.6. The van der Waals surface area contributed by atoms with Crippen LogP contribution in [0.3, 0.4) is 0 Å².